The molecule has 4 aromatic rings. The number of hydrogen-bond acceptors (Lipinski definition) is 1. The summed E-state index contributed by atoms with van der Waals surface area (Å²) in [4.78, 5) is 4.54. The van der Waals surface area contributed by atoms with Gasteiger partial charge in [-0.2, -0.15) is 4.68 Å². The lowest BCUT2D eigenvalue weighted by atomic mass is 9.84. The van der Waals surface area contributed by atoms with Crippen LogP contribution >= 0.6 is 0 Å². The number of fused-ring (bicyclic) bond motifs is 1. The van der Waals surface area contributed by atoms with Crippen LogP contribution in [0.5, 0.6) is 0 Å². The zero-order valence-electron chi connectivity index (χ0n) is 20.1. The Morgan fingerprint density at radius 1 is 1.00 bits per heavy atom. The minimum Gasteiger partial charge on any atom is -0.200 e. The zero-order valence-corrected chi connectivity index (χ0v) is 20.1. The van der Waals surface area contributed by atoms with Gasteiger partial charge in [0.05, 0.1) is 17.0 Å². The number of rotatable bonds is 3. The summed E-state index contributed by atoms with van der Waals surface area (Å²) in [5.74, 6) is 0.983. The molecular weight excluding hydrogens is 380 g/mol. The highest BCUT2D eigenvalue weighted by Gasteiger charge is 2.30. The van der Waals surface area contributed by atoms with Gasteiger partial charge in [-0.1, -0.05) is 37.9 Å². The van der Waals surface area contributed by atoms with Gasteiger partial charge in [0.2, 0.25) is 5.69 Å². The molecule has 160 valence electrons. The van der Waals surface area contributed by atoms with Crippen LogP contribution < -0.4 is 9.25 Å². The third-order valence-corrected chi connectivity index (χ3v) is 6.23. The Hall–Kier alpha value is -3.01. The average Bonchev–Trinajstić information content (AvgIpc) is 3.00. The topological polar surface area (TPSA) is 25.6 Å². The smallest absolute Gasteiger partial charge is 0.200 e. The Bertz CT molecular complexity index is 1270. The molecule has 0 N–H and O–H groups in total. The van der Waals surface area contributed by atoms with Crippen molar-refractivity contribution in [2.75, 3.05) is 0 Å². The Morgan fingerprint density at radius 2 is 1.71 bits per heavy atom. The first kappa shape index (κ1) is 21.2. The highest BCUT2D eigenvalue weighted by Crippen LogP contribution is 2.35. The molecular formula is C27H34N4+2. The number of benzene rings is 2. The molecule has 0 amide bonds. The summed E-state index contributed by atoms with van der Waals surface area (Å²) in [7, 11) is 2.18. The van der Waals surface area contributed by atoms with Crippen LogP contribution in [0.25, 0.3) is 27.8 Å². The van der Waals surface area contributed by atoms with E-state index in [2.05, 4.69) is 117 Å². The first-order valence-corrected chi connectivity index (χ1v) is 11.1. The van der Waals surface area contributed by atoms with Crippen LogP contribution in [-0.2, 0) is 12.5 Å². The minimum atomic E-state index is 0.0306. The first-order chi connectivity index (χ1) is 14.6. The van der Waals surface area contributed by atoms with Crippen LogP contribution in [-0.4, -0.2) is 9.67 Å². The van der Waals surface area contributed by atoms with Gasteiger partial charge in [-0.05, 0) is 56.0 Å². The third kappa shape index (κ3) is 3.54. The highest BCUT2D eigenvalue weighted by molar-refractivity contribution is 5.92. The van der Waals surface area contributed by atoms with E-state index in [1.807, 2.05) is 12.3 Å². The maximum Gasteiger partial charge on any atom is 0.300 e. The van der Waals surface area contributed by atoms with Gasteiger partial charge in [0.1, 0.15) is 23.6 Å². The molecule has 0 radical (unpaired) electrons. The van der Waals surface area contributed by atoms with Crippen molar-refractivity contribution in [3.05, 3.63) is 71.8 Å². The molecule has 4 rings (SSSR count). The summed E-state index contributed by atoms with van der Waals surface area (Å²) in [5.41, 5.74) is 7.60. The predicted octanol–water partition coefficient (Wildman–Crippen LogP) is 5.30. The van der Waals surface area contributed by atoms with E-state index in [4.69, 9.17) is 0 Å². The minimum absolute atomic E-state index is 0.0306. The number of hydrogen-bond donors (Lipinski definition) is 0. The van der Waals surface area contributed by atoms with Gasteiger partial charge in [0.25, 0.3) is 5.82 Å². The predicted molar refractivity (Wildman–Crippen MR) is 126 cm³/mol. The molecule has 0 atom stereocenters. The molecule has 2 aromatic carbocycles. The van der Waals surface area contributed by atoms with Gasteiger partial charge in [-0.3, -0.25) is 0 Å². The molecule has 4 nitrogen and oxygen atoms in total. The maximum atomic E-state index is 4.54. The van der Waals surface area contributed by atoms with Crippen LogP contribution in [0.4, 0.5) is 0 Å². The molecule has 0 spiro atoms. The lowest BCUT2D eigenvalue weighted by Crippen LogP contribution is -2.42. The second kappa shape index (κ2) is 7.60. The van der Waals surface area contributed by atoms with Crippen molar-refractivity contribution in [2.45, 2.75) is 59.9 Å². The molecule has 0 saturated carbocycles. The average molecular weight is 415 g/mol. The standard InChI is InChI=1S/C27H34N4/c1-18(2)31-24-13-10-9-12-22(24)26(29(31)8)23-16-21(27(5,6)7)17-25(19(23)3)30-15-11-14-28-20(30)4/h9-18H,1-8H3/q+2. The summed E-state index contributed by atoms with van der Waals surface area (Å²) >= 11 is 0. The molecule has 0 aliphatic rings. The number of aryl methyl sites for hydroxylation is 1. The SMILES string of the molecule is Cc1c(-c2c3ccccc3n(C(C)C)[n+]2C)cc(C(C)(C)C)cc1-[n+]1cccnc1C. The quantitative estimate of drug-likeness (QED) is 0.418. The molecule has 31 heavy (non-hydrogen) atoms. The van der Waals surface area contributed by atoms with Crippen molar-refractivity contribution in [3.63, 3.8) is 0 Å². The van der Waals surface area contributed by atoms with E-state index in [1.54, 1.807) is 0 Å². The van der Waals surface area contributed by atoms with Crippen LogP contribution in [0.3, 0.4) is 0 Å². The Labute approximate surface area is 185 Å². The van der Waals surface area contributed by atoms with Gasteiger partial charge >= 0.3 is 0 Å². The maximum absolute atomic E-state index is 4.54. The van der Waals surface area contributed by atoms with Crippen molar-refractivity contribution in [1.82, 2.24) is 9.67 Å². The van der Waals surface area contributed by atoms with E-state index in [0.29, 0.717) is 6.04 Å². The van der Waals surface area contributed by atoms with E-state index in [-0.39, 0.29) is 5.41 Å². The summed E-state index contributed by atoms with van der Waals surface area (Å²) in [6.45, 7) is 15.6. The van der Waals surface area contributed by atoms with Crippen molar-refractivity contribution < 1.29 is 9.25 Å². The summed E-state index contributed by atoms with van der Waals surface area (Å²) in [6.07, 6.45) is 3.96. The first-order valence-electron chi connectivity index (χ1n) is 11.1. The van der Waals surface area contributed by atoms with Gasteiger partial charge in [-0.15, -0.1) is 4.68 Å². The number of para-hydroxylation sites is 1. The van der Waals surface area contributed by atoms with E-state index < -0.39 is 0 Å². The van der Waals surface area contributed by atoms with Gasteiger partial charge in [0, 0.05) is 18.6 Å². The summed E-state index contributed by atoms with van der Waals surface area (Å²) in [6, 6.07) is 15.8. The van der Waals surface area contributed by atoms with Crippen molar-refractivity contribution in [1.29, 1.82) is 0 Å². The Morgan fingerprint density at radius 3 is 2.35 bits per heavy atom. The largest absolute Gasteiger partial charge is 0.300 e. The summed E-state index contributed by atoms with van der Waals surface area (Å²) in [5, 5.41) is 1.28. The fourth-order valence-corrected chi connectivity index (χ4v) is 4.59. The zero-order chi connectivity index (χ0) is 22.5. The molecule has 0 bridgehead atoms. The van der Waals surface area contributed by atoms with Crippen molar-refractivity contribution in [2.24, 2.45) is 7.05 Å². The number of nitrogens with zero attached hydrogens (tertiary/aromatic N) is 4. The molecule has 0 unspecified atom stereocenters. The lowest BCUT2D eigenvalue weighted by molar-refractivity contribution is -0.743. The second-order valence-electron chi connectivity index (χ2n) is 9.78. The Kier molecular flexibility index (Phi) is 5.20. The Balaban J connectivity index is 2.13. The third-order valence-electron chi connectivity index (χ3n) is 6.23. The van der Waals surface area contributed by atoms with Crippen LogP contribution in [0.15, 0.2) is 54.9 Å². The monoisotopic (exact) mass is 414 g/mol. The molecule has 2 heterocycles. The van der Waals surface area contributed by atoms with E-state index in [9.17, 15) is 0 Å². The van der Waals surface area contributed by atoms with Crippen LogP contribution in [0.1, 0.15) is 57.6 Å². The van der Waals surface area contributed by atoms with Crippen LogP contribution in [0.2, 0.25) is 0 Å². The van der Waals surface area contributed by atoms with E-state index >= 15 is 0 Å². The normalized spacial score (nSPS) is 12.2. The highest BCUT2D eigenvalue weighted by atomic mass is 15.4. The molecule has 2 aromatic heterocycles. The molecule has 0 saturated heterocycles. The van der Waals surface area contributed by atoms with E-state index in [1.165, 1.54) is 39.0 Å². The molecule has 4 heteroatoms. The van der Waals surface area contributed by atoms with Gasteiger partial charge < -0.3 is 0 Å². The van der Waals surface area contributed by atoms with Gasteiger partial charge in [-0.25, -0.2) is 4.57 Å². The fraction of sp³-hybridized carbons (Fsp3) is 0.370. The number of aromatic nitrogens is 4. The fourth-order valence-electron chi connectivity index (χ4n) is 4.59. The molecule has 0 aliphatic heterocycles. The van der Waals surface area contributed by atoms with Crippen molar-refractivity contribution in [3.8, 4) is 16.9 Å². The van der Waals surface area contributed by atoms with E-state index in [0.717, 1.165) is 5.82 Å². The van der Waals surface area contributed by atoms with Crippen molar-refractivity contribution >= 4 is 10.9 Å². The summed E-state index contributed by atoms with van der Waals surface area (Å²) < 4.78 is 6.92. The molecule has 0 aliphatic carbocycles. The molecule has 0 fully saturated rings. The lowest BCUT2D eigenvalue weighted by Gasteiger charge is -2.22. The second-order valence-corrected chi connectivity index (χ2v) is 9.78. The van der Waals surface area contributed by atoms with Crippen LogP contribution in [0, 0.1) is 13.8 Å². The van der Waals surface area contributed by atoms with Gasteiger partial charge in [0.15, 0.2) is 7.05 Å².